The van der Waals surface area contributed by atoms with E-state index in [0.717, 1.165) is 11.1 Å². The molecule has 0 bridgehead atoms. The largest absolute Gasteiger partial charge is 0.361 e. The first kappa shape index (κ1) is 9.65. The van der Waals surface area contributed by atoms with Gasteiger partial charge in [0.05, 0.1) is 0 Å². The molecule has 0 saturated carbocycles. The average molecular weight is 203 g/mol. The number of pyridine rings is 1. The highest BCUT2D eigenvalue weighted by Gasteiger charge is 2.03. The van der Waals surface area contributed by atoms with E-state index in [0.29, 0.717) is 5.69 Å². The fourth-order valence-electron chi connectivity index (χ4n) is 1.53. The Bertz CT molecular complexity index is 545. The minimum Gasteiger partial charge on any atom is -0.361 e. The van der Waals surface area contributed by atoms with Crippen molar-refractivity contribution >= 4 is 0 Å². The average Bonchev–Trinajstić information content (AvgIpc) is 2.17. The number of nitrogens with one attached hydrogen (secondary N) is 1. The predicted octanol–water partition coefficient (Wildman–Crippen LogP) is 2.49. The SMILES string of the molecule is Cc1cc(F)ccc1-c1cc(=O)cc[nH]1. The lowest BCUT2D eigenvalue weighted by molar-refractivity contribution is 0.627. The number of aromatic nitrogens is 1. The van der Waals surface area contributed by atoms with Gasteiger partial charge in [0.25, 0.3) is 0 Å². The number of benzene rings is 1. The Balaban J connectivity index is 2.59. The van der Waals surface area contributed by atoms with Crippen LogP contribution in [0.5, 0.6) is 0 Å². The molecule has 2 aromatic rings. The third-order valence-electron chi connectivity index (χ3n) is 2.25. The molecule has 0 amide bonds. The van der Waals surface area contributed by atoms with Crippen molar-refractivity contribution in [2.45, 2.75) is 6.92 Å². The Morgan fingerprint density at radius 1 is 1.20 bits per heavy atom. The standard InChI is InChI=1S/C12H10FNO/c1-8-6-9(13)2-3-11(8)12-7-10(15)4-5-14-12/h2-7H,1H3,(H,14,15). The Morgan fingerprint density at radius 2 is 2.00 bits per heavy atom. The fraction of sp³-hybridized carbons (Fsp3) is 0.0833. The van der Waals surface area contributed by atoms with E-state index in [1.807, 2.05) is 6.92 Å². The van der Waals surface area contributed by atoms with E-state index in [1.54, 1.807) is 12.3 Å². The van der Waals surface area contributed by atoms with E-state index in [1.165, 1.54) is 24.3 Å². The topological polar surface area (TPSA) is 32.9 Å². The Labute approximate surface area is 86.4 Å². The van der Waals surface area contributed by atoms with E-state index in [-0.39, 0.29) is 11.2 Å². The van der Waals surface area contributed by atoms with E-state index in [2.05, 4.69) is 4.98 Å². The summed E-state index contributed by atoms with van der Waals surface area (Å²) < 4.78 is 12.9. The number of halogens is 1. The smallest absolute Gasteiger partial charge is 0.182 e. The summed E-state index contributed by atoms with van der Waals surface area (Å²) in [5.41, 5.74) is 2.29. The lowest BCUT2D eigenvalue weighted by atomic mass is 10.1. The predicted molar refractivity (Wildman–Crippen MR) is 57.2 cm³/mol. The van der Waals surface area contributed by atoms with Crippen LogP contribution in [0.15, 0.2) is 41.3 Å². The molecule has 76 valence electrons. The summed E-state index contributed by atoms with van der Waals surface area (Å²) in [5.74, 6) is -0.269. The van der Waals surface area contributed by atoms with Crippen LogP contribution in [-0.2, 0) is 0 Å². The first-order chi connectivity index (χ1) is 7.16. The molecular weight excluding hydrogens is 193 g/mol. The molecule has 0 atom stereocenters. The second kappa shape index (κ2) is 3.69. The van der Waals surface area contributed by atoms with Crippen molar-refractivity contribution in [3.8, 4) is 11.3 Å². The molecule has 3 heteroatoms. The third kappa shape index (κ3) is 1.96. The Kier molecular flexibility index (Phi) is 2.37. The second-order valence-corrected chi connectivity index (χ2v) is 3.40. The van der Waals surface area contributed by atoms with Crippen LogP contribution in [0.1, 0.15) is 5.56 Å². The summed E-state index contributed by atoms with van der Waals surface area (Å²) in [6, 6.07) is 7.44. The van der Waals surface area contributed by atoms with E-state index in [9.17, 15) is 9.18 Å². The maximum Gasteiger partial charge on any atom is 0.182 e. The van der Waals surface area contributed by atoms with E-state index in [4.69, 9.17) is 0 Å². The maximum absolute atomic E-state index is 12.9. The molecule has 0 fully saturated rings. The molecule has 2 nitrogen and oxygen atoms in total. The van der Waals surface area contributed by atoms with Crippen LogP contribution in [0.3, 0.4) is 0 Å². The monoisotopic (exact) mass is 203 g/mol. The van der Waals surface area contributed by atoms with Crippen LogP contribution in [0.4, 0.5) is 4.39 Å². The second-order valence-electron chi connectivity index (χ2n) is 3.40. The molecule has 2 rings (SSSR count). The zero-order chi connectivity index (χ0) is 10.8. The van der Waals surface area contributed by atoms with Gasteiger partial charge in [-0.2, -0.15) is 0 Å². The normalized spacial score (nSPS) is 10.3. The van der Waals surface area contributed by atoms with Crippen molar-refractivity contribution in [1.82, 2.24) is 4.98 Å². The minimum absolute atomic E-state index is 0.0625. The number of hydrogen-bond acceptors (Lipinski definition) is 1. The van der Waals surface area contributed by atoms with Crippen molar-refractivity contribution in [1.29, 1.82) is 0 Å². The molecule has 0 aliphatic carbocycles. The maximum atomic E-state index is 12.9. The molecule has 0 spiro atoms. The van der Waals surface area contributed by atoms with Gasteiger partial charge in [0.15, 0.2) is 5.43 Å². The van der Waals surface area contributed by atoms with Crippen LogP contribution in [0, 0.1) is 12.7 Å². The van der Waals surface area contributed by atoms with Gasteiger partial charge in [0.2, 0.25) is 0 Å². The lowest BCUT2D eigenvalue weighted by Gasteiger charge is -2.05. The summed E-state index contributed by atoms with van der Waals surface area (Å²) in [4.78, 5) is 14.1. The van der Waals surface area contributed by atoms with Gasteiger partial charge in [-0.25, -0.2) is 4.39 Å². The molecule has 0 aliphatic rings. The molecule has 1 aromatic carbocycles. The highest BCUT2D eigenvalue weighted by atomic mass is 19.1. The van der Waals surface area contributed by atoms with Crippen LogP contribution in [0.25, 0.3) is 11.3 Å². The highest BCUT2D eigenvalue weighted by Crippen LogP contribution is 2.20. The van der Waals surface area contributed by atoms with Gasteiger partial charge < -0.3 is 4.98 Å². The van der Waals surface area contributed by atoms with Gasteiger partial charge in [-0.3, -0.25) is 4.79 Å². The van der Waals surface area contributed by atoms with Crippen LogP contribution in [-0.4, -0.2) is 4.98 Å². The summed E-state index contributed by atoms with van der Waals surface area (Å²) in [7, 11) is 0. The molecule has 1 N–H and O–H groups in total. The first-order valence-corrected chi connectivity index (χ1v) is 4.62. The van der Waals surface area contributed by atoms with E-state index < -0.39 is 0 Å². The minimum atomic E-state index is -0.269. The van der Waals surface area contributed by atoms with Crippen LogP contribution in [0.2, 0.25) is 0 Å². The molecule has 1 aromatic heterocycles. The number of aryl methyl sites for hydroxylation is 1. The quantitative estimate of drug-likeness (QED) is 0.758. The van der Waals surface area contributed by atoms with Gasteiger partial charge in [-0.15, -0.1) is 0 Å². The summed E-state index contributed by atoms with van der Waals surface area (Å²) in [6.07, 6.45) is 1.58. The molecule has 15 heavy (non-hydrogen) atoms. The fourth-order valence-corrected chi connectivity index (χ4v) is 1.53. The van der Waals surface area contributed by atoms with Gasteiger partial charge >= 0.3 is 0 Å². The number of H-pyrrole nitrogens is 1. The summed E-state index contributed by atoms with van der Waals surface area (Å²) in [5, 5.41) is 0. The number of aromatic amines is 1. The van der Waals surface area contributed by atoms with Gasteiger partial charge in [-0.05, 0) is 30.7 Å². The summed E-state index contributed by atoms with van der Waals surface area (Å²) in [6.45, 7) is 1.81. The van der Waals surface area contributed by atoms with Crippen molar-refractivity contribution in [3.05, 3.63) is 58.1 Å². The van der Waals surface area contributed by atoms with E-state index >= 15 is 0 Å². The Hall–Kier alpha value is -1.90. The third-order valence-corrected chi connectivity index (χ3v) is 2.25. The molecule has 0 unspecified atom stereocenters. The van der Waals surface area contributed by atoms with Crippen molar-refractivity contribution in [2.24, 2.45) is 0 Å². The van der Waals surface area contributed by atoms with Crippen molar-refractivity contribution in [3.63, 3.8) is 0 Å². The molecule has 0 aliphatic heterocycles. The van der Waals surface area contributed by atoms with Gasteiger partial charge in [0.1, 0.15) is 5.82 Å². The van der Waals surface area contributed by atoms with Crippen LogP contribution >= 0.6 is 0 Å². The Morgan fingerprint density at radius 3 is 2.67 bits per heavy atom. The summed E-state index contributed by atoms with van der Waals surface area (Å²) >= 11 is 0. The zero-order valence-electron chi connectivity index (χ0n) is 8.25. The van der Waals surface area contributed by atoms with Gasteiger partial charge in [-0.1, -0.05) is 0 Å². The van der Waals surface area contributed by atoms with Gasteiger partial charge in [0, 0.05) is 29.6 Å². The molecule has 0 saturated heterocycles. The molecule has 1 heterocycles. The van der Waals surface area contributed by atoms with Crippen molar-refractivity contribution < 1.29 is 4.39 Å². The number of hydrogen-bond donors (Lipinski definition) is 1. The zero-order valence-corrected chi connectivity index (χ0v) is 8.25. The number of rotatable bonds is 1. The first-order valence-electron chi connectivity index (χ1n) is 4.62. The van der Waals surface area contributed by atoms with Crippen molar-refractivity contribution in [2.75, 3.05) is 0 Å². The lowest BCUT2D eigenvalue weighted by Crippen LogP contribution is -1.99. The highest BCUT2D eigenvalue weighted by molar-refractivity contribution is 5.62. The molecular formula is C12H10FNO. The molecule has 0 radical (unpaired) electrons. The van der Waals surface area contributed by atoms with Crippen LogP contribution < -0.4 is 5.43 Å².